The van der Waals surface area contributed by atoms with Crippen LogP contribution in [-0.2, 0) is 13.2 Å². The number of benzene rings is 1. The van der Waals surface area contributed by atoms with Gasteiger partial charge in [-0.05, 0) is 38.3 Å². The third-order valence-electron chi connectivity index (χ3n) is 4.03. The molecule has 1 heterocycles. The van der Waals surface area contributed by atoms with Crippen LogP contribution in [0.1, 0.15) is 35.5 Å². The van der Waals surface area contributed by atoms with Crippen LogP contribution in [0.2, 0.25) is 0 Å². The lowest BCUT2D eigenvalue weighted by atomic mass is 9.80. The van der Waals surface area contributed by atoms with E-state index in [1.165, 1.54) is 5.56 Å². The van der Waals surface area contributed by atoms with E-state index < -0.39 is 5.60 Å². The van der Waals surface area contributed by atoms with Crippen molar-refractivity contribution in [1.29, 1.82) is 0 Å². The zero-order chi connectivity index (χ0) is 15.4. The van der Waals surface area contributed by atoms with E-state index in [0.29, 0.717) is 19.7 Å². The van der Waals surface area contributed by atoms with Crippen LogP contribution in [0.5, 0.6) is 5.75 Å². The van der Waals surface area contributed by atoms with E-state index in [9.17, 15) is 5.11 Å². The fraction of sp³-hybridized carbons (Fsp3) is 0.471. The molecule has 5 heteroatoms. The van der Waals surface area contributed by atoms with Gasteiger partial charge in [-0.2, -0.15) is 0 Å². The molecule has 0 spiro atoms. The number of ether oxygens (including phenoxy) is 1. The molecule has 4 nitrogen and oxygen atoms in total. The summed E-state index contributed by atoms with van der Waals surface area (Å²) < 4.78 is 5.73. The maximum Gasteiger partial charge on any atom is 0.140 e. The van der Waals surface area contributed by atoms with Gasteiger partial charge in [0.2, 0.25) is 0 Å². The molecule has 1 saturated carbocycles. The summed E-state index contributed by atoms with van der Waals surface area (Å²) in [6, 6.07) is 8.03. The first kappa shape index (κ1) is 15.5. The molecule has 0 atom stereocenters. The van der Waals surface area contributed by atoms with Gasteiger partial charge in [-0.3, -0.25) is 0 Å². The quantitative estimate of drug-likeness (QED) is 0.824. The fourth-order valence-corrected chi connectivity index (χ4v) is 3.17. The van der Waals surface area contributed by atoms with Crippen molar-refractivity contribution in [2.45, 2.75) is 44.9 Å². The molecule has 2 aromatic rings. The number of aliphatic hydroxyl groups is 1. The van der Waals surface area contributed by atoms with Crippen LogP contribution < -0.4 is 10.1 Å². The molecule has 0 saturated heterocycles. The van der Waals surface area contributed by atoms with Crippen molar-refractivity contribution in [2.75, 3.05) is 6.54 Å². The van der Waals surface area contributed by atoms with Crippen LogP contribution in [0.25, 0.3) is 0 Å². The normalized spacial score (nSPS) is 16.3. The summed E-state index contributed by atoms with van der Waals surface area (Å²) in [6.45, 7) is 3.91. The number of rotatable bonds is 7. The summed E-state index contributed by atoms with van der Waals surface area (Å²) in [7, 11) is 0. The van der Waals surface area contributed by atoms with Crippen molar-refractivity contribution in [3.05, 3.63) is 45.9 Å². The highest BCUT2D eigenvalue weighted by Crippen LogP contribution is 2.30. The molecule has 0 amide bonds. The Kier molecular flexibility index (Phi) is 4.76. The monoisotopic (exact) mass is 318 g/mol. The van der Waals surface area contributed by atoms with Crippen molar-refractivity contribution < 1.29 is 9.84 Å². The van der Waals surface area contributed by atoms with Gasteiger partial charge in [0.1, 0.15) is 17.4 Å². The van der Waals surface area contributed by atoms with Gasteiger partial charge in [0.25, 0.3) is 0 Å². The Morgan fingerprint density at radius 2 is 2.09 bits per heavy atom. The van der Waals surface area contributed by atoms with Gasteiger partial charge in [-0.15, -0.1) is 11.3 Å². The topological polar surface area (TPSA) is 54.4 Å². The van der Waals surface area contributed by atoms with Crippen LogP contribution in [0, 0.1) is 6.92 Å². The van der Waals surface area contributed by atoms with Crippen molar-refractivity contribution in [1.82, 2.24) is 10.3 Å². The molecular weight excluding hydrogens is 296 g/mol. The average molecular weight is 318 g/mol. The lowest BCUT2D eigenvalue weighted by molar-refractivity contribution is -0.0315. The Labute approximate surface area is 135 Å². The summed E-state index contributed by atoms with van der Waals surface area (Å²) in [5.74, 6) is 0.868. The van der Waals surface area contributed by atoms with Crippen molar-refractivity contribution in [3.8, 4) is 5.75 Å². The number of aryl methyl sites for hydroxylation is 1. The summed E-state index contributed by atoms with van der Waals surface area (Å²) in [5, 5.41) is 16.3. The Balaban J connectivity index is 1.43. The molecule has 1 aliphatic rings. The molecule has 2 N–H and O–H groups in total. The summed E-state index contributed by atoms with van der Waals surface area (Å²) in [5.41, 5.74) is 1.76. The molecule has 1 aliphatic carbocycles. The summed E-state index contributed by atoms with van der Waals surface area (Å²) in [6.07, 6.45) is 2.95. The van der Waals surface area contributed by atoms with Crippen LogP contribution in [0.15, 0.2) is 29.6 Å². The molecule has 1 fully saturated rings. The van der Waals surface area contributed by atoms with E-state index >= 15 is 0 Å². The first-order valence-electron chi connectivity index (χ1n) is 7.69. The van der Waals surface area contributed by atoms with Crippen LogP contribution in [0.3, 0.4) is 0 Å². The SMILES string of the molecule is Cc1ccc(OCc2nc(CNCC3(O)CCC3)cs2)cc1. The Hall–Kier alpha value is -1.43. The molecule has 1 aromatic heterocycles. The highest BCUT2D eigenvalue weighted by molar-refractivity contribution is 7.09. The highest BCUT2D eigenvalue weighted by Gasteiger charge is 2.33. The number of hydrogen-bond donors (Lipinski definition) is 2. The van der Waals surface area contributed by atoms with E-state index in [2.05, 4.69) is 17.2 Å². The van der Waals surface area contributed by atoms with E-state index in [4.69, 9.17) is 4.74 Å². The van der Waals surface area contributed by atoms with Crippen molar-refractivity contribution >= 4 is 11.3 Å². The first-order valence-corrected chi connectivity index (χ1v) is 8.57. The largest absolute Gasteiger partial charge is 0.486 e. The third-order valence-corrected chi connectivity index (χ3v) is 4.90. The van der Waals surface area contributed by atoms with E-state index in [0.717, 1.165) is 35.7 Å². The Morgan fingerprint density at radius 1 is 1.32 bits per heavy atom. The molecule has 118 valence electrons. The number of thiazole rings is 1. The minimum atomic E-state index is -0.479. The molecule has 0 unspecified atom stereocenters. The van der Waals surface area contributed by atoms with Gasteiger partial charge in [-0.25, -0.2) is 4.98 Å². The standard InChI is InChI=1S/C17H22N2O2S/c1-13-3-5-15(6-4-13)21-10-16-19-14(11-22-16)9-18-12-17(20)7-2-8-17/h3-6,11,18,20H,2,7-10,12H2,1H3. The Bertz CT molecular complexity index is 605. The molecule has 1 aromatic carbocycles. The van der Waals surface area contributed by atoms with Gasteiger partial charge in [-0.1, -0.05) is 17.7 Å². The van der Waals surface area contributed by atoms with Crippen LogP contribution >= 0.6 is 11.3 Å². The van der Waals surface area contributed by atoms with Crippen LogP contribution in [0.4, 0.5) is 0 Å². The molecule has 0 radical (unpaired) electrons. The predicted octanol–water partition coefficient (Wildman–Crippen LogP) is 3.04. The summed E-state index contributed by atoms with van der Waals surface area (Å²) in [4.78, 5) is 4.56. The van der Waals surface area contributed by atoms with Crippen molar-refractivity contribution in [2.24, 2.45) is 0 Å². The van der Waals surface area contributed by atoms with Gasteiger partial charge in [0, 0.05) is 18.5 Å². The second-order valence-corrected chi connectivity index (χ2v) is 6.96. The molecular formula is C17H22N2O2S. The number of aromatic nitrogens is 1. The molecule has 3 rings (SSSR count). The van der Waals surface area contributed by atoms with Crippen molar-refractivity contribution in [3.63, 3.8) is 0 Å². The summed E-state index contributed by atoms with van der Waals surface area (Å²) >= 11 is 1.61. The highest BCUT2D eigenvalue weighted by atomic mass is 32.1. The minimum Gasteiger partial charge on any atom is -0.486 e. The van der Waals surface area contributed by atoms with E-state index in [1.54, 1.807) is 11.3 Å². The fourth-order valence-electron chi connectivity index (χ4n) is 2.46. The molecule has 0 aliphatic heterocycles. The van der Waals surface area contributed by atoms with E-state index in [-0.39, 0.29) is 0 Å². The third kappa shape index (κ3) is 4.06. The molecule has 22 heavy (non-hydrogen) atoms. The lowest BCUT2D eigenvalue weighted by Gasteiger charge is -2.36. The second-order valence-electron chi connectivity index (χ2n) is 6.02. The van der Waals surface area contributed by atoms with E-state index in [1.807, 2.05) is 29.6 Å². The van der Waals surface area contributed by atoms with Gasteiger partial charge in [0.05, 0.1) is 11.3 Å². The smallest absolute Gasteiger partial charge is 0.140 e. The van der Waals surface area contributed by atoms with Gasteiger partial charge in [0.15, 0.2) is 0 Å². The number of hydrogen-bond acceptors (Lipinski definition) is 5. The average Bonchev–Trinajstić information content (AvgIpc) is 2.93. The van der Waals surface area contributed by atoms with Gasteiger partial charge >= 0.3 is 0 Å². The molecule has 0 bridgehead atoms. The van der Waals surface area contributed by atoms with Crippen LogP contribution in [-0.4, -0.2) is 22.2 Å². The maximum atomic E-state index is 10.0. The number of nitrogens with zero attached hydrogens (tertiary/aromatic N) is 1. The Morgan fingerprint density at radius 3 is 2.77 bits per heavy atom. The zero-order valence-corrected chi connectivity index (χ0v) is 13.7. The number of nitrogens with one attached hydrogen (secondary N) is 1. The minimum absolute atomic E-state index is 0.479. The lowest BCUT2D eigenvalue weighted by Crippen LogP contribution is -2.46. The predicted molar refractivity (Wildman–Crippen MR) is 88.1 cm³/mol. The first-order chi connectivity index (χ1) is 10.6. The maximum absolute atomic E-state index is 10.0. The zero-order valence-electron chi connectivity index (χ0n) is 12.8. The van der Waals surface area contributed by atoms with Gasteiger partial charge < -0.3 is 15.2 Å². The second kappa shape index (κ2) is 6.77.